The Morgan fingerprint density at radius 3 is 2.57 bits per heavy atom. The molecule has 4 N–H and O–H groups in total. The summed E-state index contributed by atoms with van der Waals surface area (Å²) < 4.78 is 65.8. The molecule has 4 rings (SSSR count). The van der Waals surface area contributed by atoms with Gasteiger partial charge in [0.25, 0.3) is 15.9 Å². The monoisotopic (exact) mass is 521 g/mol. The molecule has 0 saturated carbocycles. The molecule has 0 aromatic heterocycles. The molecule has 1 aliphatic rings. The average molecular weight is 522 g/mol. The highest BCUT2D eigenvalue weighted by molar-refractivity contribution is 8.00. The lowest BCUT2D eigenvalue weighted by molar-refractivity contribution is -0.137. The van der Waals surface area contributed by atoms with Crippen LogP contribution in [0.4, 0.5) is 30.2 Å². The highest BCUT2D eigenvalue weighted by atomic mass is 32.2. The van der Waals surface area contributed by atoms with Crippen LogP contribution in [0, 0.1) is 12.1 Å². The summed E-state index contributed by atoms with van der Waals surface area (Å²) in [6.45, 7) is 1.87. The number of fused-ring (bicyclic) bond motifs is 1. The lowest BCUT2D eigenvalue weighted by Gasteiger charge is -2.28. The fourth-order valence-electron chi connectivity index (χ4n) is 3.19. The third-order valence-corrected chi connectivity index (χ3v) is 7.57. The Labute approximate surface area is 203 Å². The van der Waals surface area contributed by atoms with Crippen LogP contribution >= 0.6 is 11.8 Å². The number of rotatable bonds is 5. The Kier molecular flexibility index (Phi) is 6.59. The number of benzene rings is 2. The van der Waals surface area contributed by atoms with Crippen LogP contribution in [0.2, 0.25) is 0 Å². The first-order valence-corrected chi connectivity index (χ1v) is 12.5. The second-order valence-corrected chi connectivity index (χ2v) is 10.7. The second kappa shape index (κ2) is 9.33. The van der Waals surface area contributed by atoms with Crippen molar-refractivity contribution in [1.29, 1.82) is 0 Å². The number of hydrogen-bond acceptors (Lipinski definition) is 6. The Morgan fingerprint density at radius 1 is 1.11 bits per heavy atom. The molecule has 1 aliphatic heterocycles. The van der Waals surface area contributed by atoms with Crippen LogP contribution in [0.5, 0.6) is 0 Å². The Balaban J connectivity index is 1.45. The minimum Gasteiger partial charge on any atom is -0.373 e. The summed E-state index contributed by atoms with van der Waals surface area (Å²) in [5.74, 6) is -0.491. The van der Waals surface area contributed by atoms with Crippen LogP contribution in [0.1, 0.15) is 22.8 Å². The van der Waals surface area contributed by atoms with Crippen LogP contribution in [0.25, 0.3) is 0 Å². The van der Waals surface area contributed by atoms with Crippen molar-refractivity contribution in [3.63, 3.8) is 0 Å². The molecule has 0 aliphatic carbocycles. The standard InChI is InChI=1S/C23H18F3N3O4S2/c1-13-21(30)28-19-11-14(5-10-20(19)34-13)22(31)27-16-6-8-18(9-7-16)35(32,33)29-17-4-2-3-15(12-17)23(24,25)26/h2-6,8,10-13,21,28-30H,1H3,(H,27,31). The van der Waals surface area contributed by atoms with Crippen LogP contribution in [-0.2, 0) is 16.2 Å². The lowest BCUT2D eigenvalue weighted by atomic mass is 10.1. The van der Waals surface area contributed by atoms with Gasteiger partial charge in [-0.05, 0) is 67.6 Å². The third kappa shape index (κ3) is 5.64. The van der Waals surface area contributed by atoms with Crippen LogP contribution in [0.15, 0.2) is 64.4 Å². The molecule has 3 aromatic carbocycles. The SMILES string of the molecule is CC1Sc2ccc(C(=O)Nc3c#cc(S(=O)(=O)Nc4cccc(C(F)(F)F)c4)cc3)cc2NC1O. The van der Waals surface area contributed by atoms with Crippen molar-refractivity contribution in [2.75, 3.05) is 15.4 Å². The first-order chi connectivity index (χ1) is 16.4. The van der Waals surface area contributed by atoms with Crippen molar-refractivity contribution in [1.82, 2.24) is 0 Å². The average Bonchev–Trinajstić information content (AvgIpc) is 2.79. The van der Waals surface area contributed by atoms with Gasteiger partial charge in [-0.1, -0.05) is 6.07 Å². The first-order valence-electron chi connectivity index (χ1n) is 10.1. The number of carbonyl (C=O) groups is 1. The molecule has 0 radical (unpaired) electrons. The van der Waals surface area contributed by atoms with Gasteiger partial charge < -0.3 is 15.7 Å². The fraction of sp³-hybridized carbons (Fsp3) is 0.174. The van der Waals surface area contributed by atoms with Crippen LogP contribution in [0.3, 0.4) is 0 Å². The predicted octanol–water partition coefficient (Wildman–Crippen LogP) is 4.58. The second-order valence-electron chi connectivity index (χ2n) is 7.62. The normalized spacial score (nSPS) is 17.5. The van der Waals surface area contributed by atoms with E-state index in [4.69, 9.17) is 0 Å². The third-order valence-electron chi connectivity index (χ3n) is 5.00. The molecule has 12 heteroatoms. The molecule has 0 saturated heterocycles. The summed E-state index contributed by atoms with van der Waals surface area (Å²) in [7, 11) is -4.24. The summed E-state index contributed by atoms with van der Waals surface area (Å²) in [4.78, 5) is 13.1. The molecule has 0 fully saturated rings. The van der Waals surface area contributed by atoms with Crippen molar-refractivity contribution in [2.24, 2.45) is 0 Å². The zero-order chi connectivity index (χ0) is 25.4. The van der Waals surface area contributed by atoms with Gasteiger partial charge in [-0.3, -0.25) is 9.52 Å². The number of alkyl halides is 3. The molecule has 0 bridgehead atoms. The van der Waals surface area contributed by atoms with Gasteiger partial charge in [0.05, 0.1) is 22.2 Å². The molecule has 182 valence electrons. The minimum absolute atomic E-state index is 0.0508. The number of carbonyl (C=O) groups excluding carboxylic acids is 1. The number of nitrogens with one attached hydrogen (secondary N) is 3. The van der Waals surface area contributed by atoms with Crippen molar-refractivity contribution < 1.29 is 31.5 Å². The number of thioether (sulfide) groups is 1. The van der Waals surface area contributed by atoms with Gasteiger partial charge in [0.1, 0.15) is 11.1 Å². The van der Waals surface area contributed by atoms with Gasteiger partial charge in [0.15, 0.2) is 0 Å². The molecule has 2 unspecified atom stereocenters. The van der Waals surface area contributed by atoms with E-state index in [1.807, 2.05) is 6.92 Å². The van der Waals surface area contributed by atoms with E-state index in [1.165, 1.54) is 23.9 Å². The summed E-state index contributed by atoms with van der Waals surface area (Å²) in [6.07, 6.45) is -5.38. The van der Waals surface area contributed by atoms with Crippen molar-refractivity contribution in [2.45, 2.75) is 34.4 Å². The van der Waals surface area contributed by atoms with E-state index in [9.17, 15) is 31.5 Å². The summed E-state index contributed by atoms with van der Waals surface area (Å²) in [6, 6.07) is 16.1. The van der Waals surface area contributed by atoms with E-state index in [0.717, 1.165) is 23.1 Å². The van der Waals surface area contributed by atoms with Crippen molar-refractivity contribution in [3.05, 3.63) is 77.9 Å². The first kappa shape index (κ1) is 24.7. The van der Waals surface area contributed by atoms with Gasteiger partial charge >= 0.3 is 6.18 Å². The number of aliphatic hydroxyl groups is 1. The zero-order valence-electron chi connectivity index (χ0n) is 18.0. The quantitative estimate of drug-likeness (QED) is 0.392. The van der Waals surface area contributed by atoms with Gasteiger partial charge in [-0.2, -0.15) is 13.2 Å². The summed E-state index contributed by atoms with van der Waals surface area (Å²) in [5, 5.41) is 15.4. The number of anilines is 3. The minimum atomic E-state index is -4.62. The highest BCUT2D eigenvalue weighted by Gasteiger charge is 2.31. The number of hydrogen-bond donors (Lipinski definition) is 4. The Hall–Kier alpha value is -3.40. The van der Waals surface area contributed by atoms with Crippen molar-refractivity contribution >= 4 is 44.8 Å². The topological polar surface area (TPSA) is 108 Å². The van der Waals surface area contributed by atoms with E-state index >= 15 is 0 Å². The Bertz CT molecular complexity index is 1360. The molecule has 1 heterocycles. The molecule has 3 aromatic rings. The van der Waals surface area contributed by atoms with Gasteiger partial charge in [0.2, 0.25) is 0 Å². The zero-order valence-corrected chi connectivity index (χ0v) is 19.6. The molecular formula is C23H18F3N3O4S2. The van der Waals surface area contributed by atoms with Crippen LogP contribution < -0.4 is 15.4 Å². The van der Waals surface area contributed by atoms with E-state index in [1.54, 1.807) is 18.2 Å². The maximum atomic E-state index is 12.9. The molecule has 2 atom stereocenters. The number of aliphatic hydroxyl groups excluding tert-OH is 1. The van der Waals surface area contributed by atoms with Gasteiger partial charge in [-0.25, -0.2) is 8.42 Å². The number of halogens is 3. The number of amides is 1. The summed E-state index contributed by atoms with van der Waals surface area (Å²) in [5.41, 5.74) is -0.196. The van der Waals surface area contributed by atoms with E-state index in [2.05, 4.69) is 27.5 Å². The molecule has 0 spiro atoms. The van der Waals surface area contributed by atoms with Gasteiger partial charge in [0, 0.05) is 16.1 Å². The van der Waals surface area contributed by atoms with Crippen molar-refractivity contribution in [3.8, 4) is 0 Å². The van der Waals surface area contributed by atoms with E-state index < -0.39 is 33.9 Å². The molecule has 1 amide bonds. The fourth-order valence-corrected chi connectivity index (χ4v) is 5.16. The smallest absolute Gasteiger partial charge is 0.373 e. The molecule has 7 nitrogen and oxygen atoms in total. The lowest BCUT2D eigenvalue weighted by Crippen LogP contribution is -2.32. The van der Waals surface area contributed by atoms with Gasteiger partial charge in [-0.15, -0.1) is 11.8 Å². The largest absolute Gasteiger partial charge is 0.416 e. The predicted molar refractivity (Wildman–Crippen MR) is 126 cm³/mol. The van der Waals surface area contributed by atoms with E-state index in [0.29, 0.717) is 17.3 Å². The highest BCUT2D eigenvalue weighted by Crippen LogP contribution is 2.37. The molecular weight excluding hydrogens is 503 g/mol. The maximum Gasteiger partial charge on any atom is 0.416 e. The summed E-state index contributed by atoms with van der Waals surface area (Å²) >= 11 is 1.48. The van der Waals surface area contributed by atoms with E-state index in [-0.39, 0.29) is 21.5 Å². The van der Waals surface area contributed by atoms with Crippen LogP contribution in [-0.4, -0.2) is 30.9 Å². The number of sulfonamides is 1. The molecule has 35 heavy (non-hydrogen) atoms. The Morgan fingerprint density at radius 2 is 1.89 bits per heavy atom. The maximum absolute atomic E-state index is 12.9.